The quantitative estimate of drug-likeness (QED) is 0.345. The third-order valence-corrected chi connectivity index (χ3v) is 8.67. The third-order valence-electron chi connectivity index (χ3n) is 8.14. The van der Waals surface area contributed by atoms with Crippen molar-refractivity contribution in [1.29, 1.82) is 0 Å². The topological polar surface area (TPSA) is 39.7 Å². The van der Waals surface area contributed by atoms with Gasteiger partial charge in [-0.05, 0) is 93.9 Å². The second-order valence-electron chi connectivity index (χ2n) is 11.0. The first-order valence-electron chi connectivity index (χ1n) is 12.8. The predicted molar refractivity (Wildman–Crippen MR) is 149 cm³/mol. The molecule has 0 amide bonds. The zero-order valence-electron chi connectivity index (χ0n) is 21.8. The summed E-state index contributed by atoms with van der Waals surface area (Å²) in [6, 6.07) is 16.9. The van der Waals surface area contributed by atoms with Gasteiger partial charge in [-0.2, -0.15) is 0 Å². The van der Waals surface area contributed by atoms with Gasteiger partial charge in [-0.15, -0.1) is 6.58 Å². The molecule has 1 saturated carbocycles. The second kappa shape index (κ2) is 10.7. The molecule has 4 rings (SSSR count). The van der Waals surface area contributed by atoms with Crippen LogP contribution >= 0.6 is 15.9 Å². The average molecular weight is 540 g/mol. The molecule has 1 aliphatic carbocycles. The van der Waals surface area contributed by atoms with Crippen molar-refractivity contribution in [2.75, 3.05) is 12.4 Å². The van der Waals surface area contributed by atoms with Gasteiger partial charge in [-0.1, -0.05) is 47.3 Å². The molecule has 188 valence electrons. The highest BCUT2D eigenvalue weighted by Crippen LogP contribution is 2.47. The minimum Gasteiger partial charge on any atom is -0.497 e. The first-order valence-corrected chi connectivity index (χ1v) is 13.6. The van der Waals surface area contributed by atoms with E-state index in [4.69, 9.17) is 14.0 Å². The fourth-order valence-electron chi connectivity index (χ4n) is 5.35. The molecule has 0 spiro atoms. The molecule has 0 radical (unpaired) electrons. The largest absolute Gasteiger partial charge is 0.497 e. The lowest BCUT2D eigenvalue weighted by atomic mass is 9.61. The number of ether oxygens (including phenoxy) is 1. The van der Waals surface area contributed by atoms with E-state index in [2.05, 4.69) is 91.9 Å². The third kappa shape index (κ3) is 5.81. The molecule has 0 bridgehead atoms. The molecule has 6 heteroatoms. The summed E-state index contributed by atoms with van der Waals surface area (Å²) in [4.78, 5) is 0. The summed E-state index contributed by atoms with van der Waals surface area (Å²) in [5, 5.41) is 3.87. The Balaban J connectivity index is 1.73. The fraction of sp³-hybridized carbons (Fsp3) is 0.517. The minimum atomic E-state index is -0.428. The van der Waals surface area contributed by atoms with Crippen molar-refractivity contribution in [3.05, 3.63) is 70.6 Å². The first kappa shape index (κ1) is 26.3. The maximum absolute atomic E-state index is 6.51. The monoisotopic (exact) mass is 539 g/mol. The molecule has 1 aliphatic heterocycles. The van der Waals surface area contributed by atoms with E-state index in [9.17, 15) is 0 Å². The second-order valence-corrected chi connectivity index (χ2v) is 11.9. The van der Waals surface area contributed by atoms with Crippen LogP contribution < -0.4 is 10.1 Å². The lowest BCUT2D eigenvalue weighted by Gasteiger charge is -2.39. The van der Waals surface area contributed by atoms with Gasteiger partial charge in [0.15, 0.2) is 0 Å². The number of hydrogen-bond acceptors (Lipinski definition) is 4. The highest BCUT2D eigenvalue weighted by molar-refractivity contribution is 9.10. The Morgan fingerprint density at radius 3 is 2.09 bits per heavy atom. The van der Waals surface area contributed by atoms with E-state index in [1.165, 1.54) is 37.7 Å². The van der Waals surface area contributed by atoms with Gasteiger partial charge in [0, 0.05) is 16.1 Å². The molecule has 4 nitrogen and oxygen atoms in total. The van der Waals surface area contributed by atoms with Crippen LogP contribution in [-0.4, -0.2) is 25.4 Å². The van der Waals surface area contributed by atoms with Gasteiger partial charge >= 0.3 is 7.12 Å². The lowest BCUT2D eigenvalue weighted by Crippen LogP contribution is -2.41. The number of hydrogen-bond donors (Lipinski definition) is 1. The van der Waals surface area contributed by atoms with Crippen molar-refractivity contribution >= 4 is 28.7 Å². The van der Waals surface area contributed by atoms with Gasteiger partial charge in [0.05, 0.1) is 24.4 Å². The van der Waals surface area contributed by atoms with Crippen molar-refractivity contribution in [3.8, 4) is 5.75 Å². The van der Waals surface area contributed by atoms with Crippen LogP contribution in [0.3, 0.4) is 0 Å². The zero-order valence-corrected chi connectivity index (χ0v) is 23.4. The Hall–Kier alpha value is -1.76. The van der Waals surface area contributed by atoms with E-state index >= 15 is 0 Å². The van der Waals surface area contributed by atoms with Crippen molar-refractivity contribution in [3.63, 3.8) is 0 Å². The molecule has 1 heterocycles. The minimum absolute atomic E-state index is 0.0334. The summed E-state index contributed by atoms with van der Waals surface area (Å²) in [6.45, 7) is 13.1. The van der Waals surface area contributed by atoms with Gasteiger partial charge in [0.1, 0.15) is 5.75 Å². The van der Waals surface area contributed by atoms with Crippen molar-refractivity contribution in [2.24, 2.45) is 11.8 Å². The number of methoxy groups -OCH3 is 1. The molecule has 2 unspecified atom stereocenters. The van der Waals surface area contributed by atoms with Crippen LogP contribution in [-0.2, 0) is 9.31 Å². The predicted octanol–water partition coefficient (Wildman–Crippen LogP) is 8.00. The van der Waals surface area contributed by atoms with Gasteiger partial charge < -0.3 is 19.4 Å². The summed E-state index contributed by atoms with van der Waals surface area (Å²) in [6.07, 6.45) is 6.21. The SMILES string of the molecule is C=C(B1OC(C)(C)C(C)(C)O1)C(C1CCCCC1)C(Nc1ccc(OC)cc1)c1ccc(Br)cc1. The van der Waals surface area contributed by atoms with E-state index in [-0.39, 0.29) is 12.0 Å². The molecule has 2 aromatic carbocycles. The van der Waals surface area contributed by atoms with E-state index in [0.29, 0.717) is 5.92 Å². The van der Waals surface area contributed by atoms with Gasteiger partial charge in [0.25, 0.3) is 0 Å². The van der Waals surface area contributed by atoms with Gasteiger partial charge in [-0.25, -0.2) is 0 Å². The highest BCUT2D eigenvalue weighted by atomic mass is 79.9. The normalized spacial score (nSPS) is 21.4. The highest BCUT2D eigenvalue weighted by Gasteiger charge is 2.54. The van der Waals surface area contributed by atoms with Crippen LogP contribution in [0.2, 0.25) is 0 Å². The lowest BCUT2D eigenvalue weighted by molar-refractivity contribution is 0.00578. The molecular weight excluding hydrogens is 501 g/mol. The van der Waals surface area contributed by atoms with Crippen LogP contribution in [0.15, 0.2) is 65.1 Å². The van der Waals surface area contributed by atoms with E-state index in [0.717, 1.165) is 21.4 Å². The number of benzene rings is 2. The van der Waals surface area contributed by atoms with Gasteiger partial charge in [-0.3, -0.25) is 0 Å². The molecule has 2 fully saturated rings. The van der Waals surface area contributed by atoms with E-state index in [1.807, 2.05) is 12.1 Å². The molecule has 2 aliphatic rings. The maximum atomic E-state index is 6.51. The van der Waals surface area contributed by atoms with Crippen LogP contribution in [0, 0.1) is 11.8 Å². The van der Waals surface area contributed by atoms with E-state index in [1.54, 1.807) is 7.11 Å². The summed E-state index contributed by atoms with van der Waals surface area (Å²) >= 11 is 3.61. The average Bonchev–Trinajstić information content (AvgIpc) is 3.07. The molecular formula is C29H39BBrNO3. The molecule has 1 saturated heterocycles. The molecule has 0 aromatic heterocycles. The van der Waals surface area contributed by atoms with Crippen LogP contribution in [0.4, 0.5) is 5.69 Å². The molecule has 35 heavy (non-hydrogen) atoms. The van der Waals surface area contributed by atoms with E-state index < -0.39 is 18.3 Å². The zero-order chi connectivity index (χ0) is 25.2. The van der Waals surface area contributed by atoms with Crippen molar-refractivity contribution in [2.45, 2.75) is 77.0 Å². The summed E-state index contributed by atoms with van der Waals surface area (Å²) in [7, 11) is 1.27. The number of rotatable bonds is 8. The Kier molecular flexibility index (Phi) is 8.04. The molecule has 1 N–H and O–H groups in total. The van der Waals surface area contributed by atoms with Crippen molar-refractivity contribution in [1.82, 2.24) is 0 Å². The summed E-state index contributed by atoms with van der Waals surface area (Å²) in [5.74, 6) is 1.52. The Morgan fingerprint density at radius 1 is 0.971 bits per heavy atom. The summed E-state index contributed by atoms with van der Waals surface area (Å²) < 4.78 is 19.5. The molecule has 2 atom stereocenters. The van der Waals surface area contributed by atoms with Crippen LogP contribution in [0.1, 0.15) is 71.4 Å². The number of nitrogens with one attached hydrogen (secondary N) is 1. The van der Waals surface area contributed by atoms with Gasteiger partial charge in [0.2, 0.25) is 0 Å². The Labute approximate surface area is 220 Å². The standard InChI is InChI=1S/C29H39BBrNO3/c1-20(30-34-28(2,3)29(4,5)35-30)26(21-10-8-7-9-11-21)27(22-12-14-23(31)15-13-22)32-24-16-18-25(33-6)19-17-24/h12-19,21,26-27,32H,1,7-11H2,2-6H3. The smallest absolute Gasteiger partial charge is 0.490 e. The first-order chi connectivity index (χ1) is 16.6. The number of halogens is 1. The number of anilines is 1. The summed E-state index contributed by atoms with van der Waals surface area (Å²) in [5.41, 5.74) is 2.53. The Morgan fingerprint density at radius 2 is 1.54 bits per heavy atom. The maximum Gasteiger partial charge on any atom is 0.490 e. The fourth-order valence-corrected chi connectivity index (χ4v) is 5.62. The van der Waals surface area contributed by atoms with Crippen molar-refractivity contribution < 1.29 is 14.0 Å². The molecule has 2 aromatic rings. The Bertz CT molecular complexity index is 984. The van der Waals surface area contributed by atoms with Crippen LogP contribution in [0.5, 0.6) is 5.75 Å². The van der Waals surface area contributed by atoms with Crippen LogP contribution in [0.25, 0.3) is 0 Å².